The Labute approximate surface area is 198 Å². The number of ether oxygens (including phenoxy) is 1. The number of rotatable bonds is 7. The lowest BCUT2D eigenvalue weighted by molar-refractivity contribution is 0.0942. The normalized spacial score (nSPS) is 11.1. The Kier molecular flexibility index (Phi) is 6.60. The van der Waals surface area contributed by atoms with Crippen LogP contribution in [0.25, 0.3) is 27.6 Å². The first kappa shape index (κ1) is 22.7. The van der Waals surface area contributed by atoms with Gasteiger partial charge < -0.3 is 14.6 Å². The molecule has 0 spiro atoms. The SMILES string of the molecule is CCc1cc(-c2nc(-c3cc(C(=O)NC(C)C)c(C)n3-c3ccc(OC)cc3)cs2)ccn1. The minimum atomic E-state index is -0.0896. The van der Waals surface area contributed by atoms with E-state index in [1.807, 2.05) is 68.7 Å². The Morgan fingerprint density at radius 1 is 1.18 bits per heavy atom. The molecule has 33 heavy (non-hydrogen) atoms. The van der Waals surface area contributed by atoms with E-state index >= 15 is 0 Å². The number of hydrogen-bond donors (Lipinski definition) is 1. The van der Waals surface area contributed by atoms with Crippen molar-refractivity contribution >= 4 is 17.2 Å². The Morgan fingerprint density at radius 2 is 1.94 bits per heavy atom. The summed E-state index contributed by atoms with van der Waals surface area (Å²) in [5.41, 5.74) is 6.23. The molecule has 3 heterocycles. The average molecular weight is 461 g/mol. The summed E-state index contributed by atoms with van der Waals surface area (Å²) < 4.78 is 7.40. The number of thiazole rings is 1. The summed E-state index contributed by atoms with van der Waals surface area (Å²) in [5.74, 6) is 0.691. The summed E-state index contributed by atoms with van der Waals surface area (Å²) in [4.78, 5) is 22.3. The van der Waals surface area contributed by atoms with Gasteiger partial charge in [0.1, 0.15) is 10.8 Å². The van der Waals surface area contributed by atoms with Gasteiger partial charge in [-0.05, 0) is 69.7 Å². The van der Waals surface area contributed by atoms with Crippen molar-refractivity contribution in [2.24, 2.45) is 0 Å². The van der Waals surface area contributed by atoms with Crippen molar-refractivity contribution in [3.05, 3.63) is 71.0 Å². The molecule has 1 amide bonds. The van der Waals surface area contributed by atoms with Crippen molar-refractivity contribution in [3.63, 3.8) is 0 Å². The van der Waals surface area contributed by atoms with Gasteiger partial charge in [0.15, 0.2) is 0 Å². The number of benzene rings is 1. The molecule has 0 bridgehead atoms. The summed E-state index contributed by atoms with van der Waals surface area (Å²) in [6.45, 7) is 7.97. The summed E-state index contributed by atoms with van der Waals surface area (Å²) in [6.07, 6.45) is 2.70. The van der Waals surface area contributed by atoms with E-state index in [0.29, 0.717) is 5.56 Å². The lowest BCUT2D eigenvalue weighted by Gasteiger charge is -2.12. The number of hydrogen-bond acceptors (Lipinski definition) is 5. The molecule has 0 aliphatic rings. The number of aromatic nitrogens is 3. The van der Waals surface area contributed by atoms with Crippen molar-refractivity contribution in [1.82, 2.24) is 19.9 Å². The predicted octanol–water partition coefficient (Wildman–Crippen LogP) is 5.68. The van der Waals surface area contributed by atoms with Crippen molar-refractivity contribution in [2.75, 3.05) is 7.11 Å². The van der Waals surface area contributed by atoms with Crippen molar-refractivity contribution in [3.8, 4) is 33.4 Å². The molecular formula is C26H28N4O2S. The maximum Gasteiger partial charge on any atom is 0.253 e. The van der Waals surface area contributed by atoms with Crippen LogP contribution >= 0.6 is 11.3 Å². The predicted molar refractivity (Wildman–Crippen MR) is 133 cm³/mol. The van der Waals surface area contributed by atoms with Crippen LogP contribution in [0.5, 0.6) is 5.75 Å². The molecule has 4 rings (SSSR count). The average Bonchev–Trinajstić information content (AvgIpc) is 3.43. The number of amides is 1. The van der Waals surface area contributed by atoms with Crippen LogP contribution in [0.2, 0.25) is 0 Å². The van der Waals surface area contributed by atoms with Crippen LogP contribution in [0.4, 0.5) is 0 Å². The topological polar surface area (TPSA) is 69.0 Å². The highest BCUT2D eigenvalue weighted by Crippen LogP contribution is 2.34. The molecule has 1 N–H and O–H groups in total. The number of aryl methyl sites for hydroxylation is 1. The van der Waals surface area contributed by atoms with Crippen LogP contribution in [0.3, 0.4) is 0 Å². The first-order valence-corrected chi connectivity index (χ1v) is 11.9. The fourth-order valence-corrected chi connectivity index (χ4v) is 4.57. The Hall–Kier alpha value is -3.45. The zero-order valence-electron chi connectivity index (χ0n) is 19.5. The minimum Gasteiger partial charge on any atom is -0.497 e. The van der Waals surface area contributed by atoms with Gasteiger partial charge in [-0.1, -0.05) is 6.92 Å². The molecule has 0 atom stereocenters. The summed E-state index contributed by atoms with van der Waals surface area (Å²) in [5, 5.41) is 5.98. The van der Waals surface area contributed by atoms with E-state index in [4.69, 9.17) is 9.72 Å². The minimum absolute atomic E-state index is 0.0509. The molecule has 0 aliphatic carbocycles. The summed E-state index contributed by atoms with van der Waals surface area (Å²) in [6, 6.07) is 13.9. The fourth-order valence-electron chi connectivity index (χ4n) is 3.76. The van der Waals surface area contributed by atoms with Crippen molar-refractivity contribution in [1.29, 1.82) is 0 Å². The van der Waals surface area contributed by atoms with Gasteiger partial charge in [-0.15, -0.1) is 11.3 Å². The summed E-state index contributed by atoms with van der Waals surface area (Å²) >= 11 is 1.59. The van der Waals surface area contributed by atoms with Gasteiger partial charge in [0.2, 0.25) is 0 Å². The highest BCUT2D eigenvalue weighted by molar-refractivity contribution is 7.13. The number of nitrogens with zero attached hydrogens (tertiary/aromatic N) is 3. The second-order valence-electron chi connectivity index (χ2n) is 8.12. The van der Waals surface area contributed by atoms with Gasteiger partial charge in [-0.3, -0.25) is 9.78 Å². The molecule has 3 aromatic heterocycles. The molecule has 170 valence electrons. The lowest BCUT2D eigenvalue weighted by atomic mass is 10.2. The number of nitrogens with one attached hydrogen (secondary N) is 1. The number of pyridine rings is 1. The highest BCUT2D eigenvalue weighted by atomic mass is 32.1. The Bertz CT molecular complexity index is 1270. The molecule has 6 nitrogen and oxygen atoms in total. The van der Waals surface area contributed by atoms with Crippen LogP contribution in [-0.2, 0) is 6.42 Å². The zero-order chi connectivity index (χ0) is 23.5. The van der Waals surface area contributed by atoms with Gasteiger partial charge in [-0.2, -0.15) is 0 Å². The van der Waals surface area contributed by atoms with E-state index in [2.05, 4.69) is 27.9 Å². The van der Waals surface area contributed by atoms with Crippen LogP contribution in [0.15, 0.2) is 54.0 Å². The van der Waals surface area contributed by atoms with E-state index in [1.54, 1.807) is 18.4 Å². The second-order valence-corrected chi connectivity index (χ2v) is 8.98. The Morgan fingerprint density at radius 3 is 2.61 bits per heavy atom. The van der Waals surface area contributed by atoms with Crippen molar-refractivity contribution < 1.29 is 9.53 Å². The van der Waals surface area contributed by atoms with Gasteiger partial charge in [0.25, 0.3) is 5.91 Å². The van der Waals surface area contributed by atoms with Crippen LogP contribution in [0, 0.1) is 6.92 Å². The second kappa shape index (κ2) is 9.58. The van der Waals surface area contributed by atoms with Crippen LogP contribution in [0.1, 0.15) is 42.5 Å². The molecule has 7 heteroatoms. The molecule has 1 aromatic carbocycles. The van der Waals surface area contributed by atoms with Gasteiger partial charge in [0.05, 0.1) is 24.1 Å². The third-order valence-electron chi connectivity index (χ3n) is 5.43. The molecule has 0 fully saturated rings. The van der Waals surface area contributed by atoms with Crippen LogP contribution in [-0.4, -0.2) is 33.6 Å². The molecule has 4 aromatic rings. The third kappa shape index (κ3) is 4.68. The molecule has 0 radical (unpaired) electrons. The first-order chi connectivity index (χ1) is 15.9. The fraction of sp³-hybridized carbons (Fsp3) is 0.269. The number of carbonyl (C=O) groups excluding carboxylic acids is 1. The highest BCUT2D eigenvalue weighted by Gasteiger charge is 2.22. The first-order valence-electron chi connectivity index (χ1n) is 11.0. The Balaban J connectivity index is 1.83. The quantitative estimate of drug-likeness (QED) is 0.385. The van der Waals surface area contributed by atoms with E-state index in [9.17, 15) is 4.79 Å². The number of methoxy groups -OCH3 is 1. The zero-order valence-corrected chi connectivity index (χ0v) is 20.4. The molecule has 0 unspecified atom stereocenters. The smallest absolute Gasteiger partial charge is 0.253 e. The van der Waals surface area contributed by atoms with Gasteiger partial charge in [0, 0.05) is 40.3 Å². The number of carbonyl (C=O) groups is 1. The monoisotopic (exact) mass is 460 g/mol. The maximum atomic E-state index is 12.9. The third-order valence-corrected chi connectivity index (χ3v) is 6.33. The van der Waals surface area contributed by atoms with E-state index in [-0.39, 0.29) is 11.9 Å². The lowest BCUT2D eigenvalue weighted by Crippen LogP contribution is -2.30. The van der Waals surface area contributed by atoms with Crippen LogP contribution < -0.4 is 10.1 Å². The van der Waals surface area contributed by atoms with Gasteiger partial charge >= 0.3 is 0 Å². The standard InChI is InChI=1S/C26H28N4O2S/c1-6-19-13-18(11-12-27-19)26-29-23(15-33-26)24-14-22(25(31)28-16(2)3)17(4)30(24)20-7-9-21(32-5)10-8-20/h7-16H,6H2,1-5H3,(H,28,31). The molecule has 0 aliphatic heterocycles. The largest absolute Gasteiger partial charge is 0.497 e. The maximum absolute atomic E-state index is 12.9. The summed E-state index contributed by atoms with van der Waals surface area (Å²) in [7, 11) is 1.65. The van der Waals surface area contributed by atoms with E-state index < -0.39 is 0 Å². The van der Waals surface area contributed by atoms with Gasteiger partial charge in [-0.25, -0.2) is 4.98 Å². The van der Waals surface area contributed by atoms with Crippen molar-refractivity contribution in [2.45, 2.75) is 40.2 Å². The van der Waals surface area contributed by atoms with E-state index in [1.165, 1.54) is 0 Å². The molecular weight excluding hydrogens is 432 g/mol. The molecule has 0 saturated heterocycles. The molecule has 0 saturated carbocycles. The van der Waals surface area contributed by atoms with E-state index in [0.717, 1.165) is 51.2 Å².